The molecule has 102 valence electrons. The number of aromatic nitrogens is 1. The van der Waals surface area contributed by atoms with Crippen LogP contribution in [0.3, 0.4) is 0 Å². The van der Waals surface area contributed by atoms with E-state index in [0.29, 0.717) is 22.5 Å². The molecule has 0 aliphatic rings. The van der Waals surface area contributed by atoms with Gasteiger partial charge in [0.15, 0.2) is 5.76 Å². The average molecular weight is 276 g/mol. The molecule has 2 aromatic carbocycles. The number of nitrogens with two attached hydrogens (primary N) is 1. The molecule has 4 rings (SSSR count). The summed E-state index contributed by atoms with van der Waals surface area (Å²) >= 11 is 0. The number of para-hydroxylation sites is 2. The first kappa shape index (κ1) is 11.8. The second-order valence-corrected chi connectivity index (χ2v) is 4.92. The van der Waals surface area contributed by atoms with E-state index < -0.39 is 0 Å². The minimum Gasteiger partial charge on any atom is -0.451 e. The van der Waals surface area contributed by atoms with Crippen LogP contribution in [0.15, 0.2) is 65.2 Å². The zero-order chi connectivity index (χ0) is 14.4. The fourth-order valence-electron chi connectivity index (χ4n) is 2.60. The molecule has 0 aliphatic carbocycles. The molecule has 0 amide bonds. The summed E-state index contributed by atoms with van der Waals surface area (Å²) in [5.74, 6) is 0.0797. The fraction of sp³-hybridized carbons (Fsp3) is 0. The lowest BCUT2D eigenvalue weighted by molar-refractivity contribution is 0.0940. The Morgan fingerprint density at radius 2 is 1.81 bits per heavy atom. The van der Waals surface area contributed by atoms with Crippen LogP contribution in [0.4, 0.5) is 5.69 Å². The van der Waals surface area contributed by atoms with E-state index in [1.807, 2.05) is 42.5 Å². The largest absolute Gasteiger partial charge is 0.451 e. The quantitative estimate of drug-likeness (QED) is 0.540. The Labute approximate surface area is 120 Å². The number of carbonyl (C=O) groups excluding carboxylic acids is 1. The lowest BCUT2D eigenvalue weighted by Crippen LogP contribution is -2.10. The third-order valence-electron chi connectivity index (χ3n) is 3.60. The van der Waals surface area contributed by atoms with Gasteiger partial charge in [-0.1, -0.05) is 30.3 Å². The zero-order valence-corrected chi connectivity index (χ0v) is 11.1. The molecular weight excluding hydrogens is 264 g/mol. The van der Waals surface area contributed by atoms with Crippen LogP contribution in [0.1, 0.15) is 10.6 Å². The number of rotatable bonds is 1. The van der Waals surface area contributed by atoms with Gasteiger partial charge in [0.25, 0.3) is 5.91 Å². The molecule has 0 saturated heterocycles. The van der Waals surface area contributed by atoms with Crippen molar-refractivity contribution in [2.75, 3.05) is 5.73 Å². The highest BCUT2D eigenvalue weighted by Crippen LogP contribution is 2.25. The number of nitrogens with zero attached hydrogens (tertiary/aromatic N) is 1. The third-order valence-corrected chi connectivity index (χ3v) is 3.60. The van der Waals surface area contributed by atoms with E-state index in [9.17, 15) is 4.79 Å². The molecule has 0 atom stereocenters. The average Bonchev–Trinajstić information content (AvgIpc) is 3.11. The van der Waals surface area contributed by atoms with Gasteiger partial charge in [0.1, 0.15) is 5.58 Å². The second kappa shape index (κ2) is 4.24. The van der Waals surface area contributed by atoms with Gasteiger partial charge in [-0.15, -0.1) is 0 Å². The first-order valence-electron chi connectivity index (χ1n) is 6.63. The van der Waals surface area contributed by atoms with Crippen molar-refractivity contribution < 1.29 is 9.21 Å². The van der Waals surface area contributed by atoms with Crippen LogP contribution in [0, 0.1) is 0 Å². The Kier molecular flexibility index (Phi) is 2.38. The highest BCUT2D eigenvalue weighted by Gasteiger charge is 2.17. The SMILES string of the molecule is Nc1cccc2ccn(C(=O)c3cc4ccccc4o3)c12. The van der Waals surface area contributed by atoms with Crippen molar-refractivity contribution in [1.82, 2.24) is 4.57 Å². The Morgan fingerprint density at radius 1 is 1.00 bits per heavy atom. The molecule has 0 unspecified atom stereocenters. The van der Waals surface area contributed by atoms with E-state index in [0.717, 1.165) is 10.8 Å². The molecule has 0 saturated carbocycles. The smallest absolute Gasteiger partial charge is 0.298 e. The number of hydrogen-bond donors (Lipinski definition) is 1. The summed E-state index contributed by atoms with van der Waals surface area (Å²) in [6.07, 6.45) is 1.72. The van der Waals surface area contributed by atoms with Gasteiger partial charge in [0.2, 0.25) is 0 Å². The van der Waals surface area contributed by atoms with Crippen LogP contribution in [-0.2, 0) is 0 Å². The van der Waals surface area contributed by atoms with E-state index in [1.165, 1.54) is 4.57 Å². The van der Waals surface area contributed by atoms with E-state index in [4.69, 9.17) is 10.2 Å². The van der Waals surface area contributed by atoms with E-state index >= 15 is 0 Å². The molecule has 2 heterocycles. The highest BCUT2D eigenvalue weighted by molar-refractivity contribution is 6.05. The van der Waals surface area contributed by atoms with Crippen molar-refractivity contribution in [3.05, 3.63) is 66.6 Å². The summed E-state index contributed by atoms with van der Waals surface area (Å²) < 4.78 is 7.16. The summed E-state index contributed by atoms with van der Waals surface area (Å²) in [7, 11) is 0. The monoisotopic (exact) mass is 276 g/mol. The van der Waals surface area contributed by atoms with Crippen LogP contribution >= 0.6 is 0 Å². The maximum absolute atomic E-state index is 12.7. The molecule has 4 heteroatoms. The van der Waals surface area contributed by atoms with Crippen molar-refractivity contribution >= 4 is 33.5 Å². The number of anilines is 1. The molecule has 2 N–H and O–H groups in total. The highest BCUT2D eigenvalue weighted by atomic mass is 16.3. The van der Waals surface area contributed by atoms with Crippen LogP contribution in [-0.4, -0.2) is 10.5 Å². The minimum absolute atomic E-state index is 0.223. The lowest BCUT2D eigenvalue weighted by Gasteiger charge is -2.03. The van der Waals surface area contributed by atoms with Crippen molar-refractivity contribution in [3.63, 3.8) is 0 Å². The first-order chi connectivity index (χ1) is 10.2. The molecule has 4 nitrogen and oxygen atoms in total. The van der Waals surface area contributed by atoms with Gasteiger partial charge in [0, 0.05) is 17.0 Å². The molecule has 0 aliphatic heterocycles. The molecular formula is C17H12N2O2. The molecule has 0 bridgehead atoms. The maximum Gasteiger partial charge on any atom is 0.298 e. The molecule has 0 fully saturated rings. The second-order valence-electron chi connectivity index (χ2n) is 4.92. The van der Waals surface area contributed by atoms with E-state index in [-0.39, 0.29) is 5.91 Å². The number of nitrogen functional groups attached to an aromatic ring is 1. The van der Waals surface area contributed by atoms with Crippen molar-refractivity contribution in [2.45, 2.75) is 0 Å². The number of fused-ring (bicyclic) bond motifs is 2. The molecule has 21 heavy (non-hydrogen) atoms. The Balaban J connectivity index is 1.90. The van der Waals surface area contributed by atoms with Crippen LogP contribution in [0.2, 0.25) is 0 Å². The van der Waals surface area contributed by atoms with Gasteiger partial charge in [-0.05, 0) is 24.3 Å². The summed E-state index contributed by atoms with van der Waals surface area (Å²) in [5, 5.41) is 1.84. The Hall–Kier alpha value is -3.01. The summed E-state index contributed by atoms with van der Waals surface area (Å²) in [6.45, 7) is 0. The topological polar surface area (TPSA) is 61.2 Å². The fourth-order valence-corrected chi connectivity index (χ4v) is 2.60. The number of carbonyl (C=O) groups is 1. The Morgan fingerprint density at radius 3 is 2.67 bits per heavy atom. The normalized spacial score (nSPS) is 11.2. The molecule has 0 radical (unpaired) electrons. The number of hydrogen-bond acceptors (Lipinski definition) is 3. The number of benzene rings is 2. The molecule has 4 aromatic rings. The first-order valence-corrected chi connectivity index (χ1v) is 6.63. The van der Waals surface area contributed by atoms with Gasteiger partial charge in [-0.25, -0.2) is 0 Å². The summed E-state index contributed by atoms with van der Waals surface area (Å²) in [4.78, 5) is 12.7. The predicted octanol–water partition coefficient (Wildman–Crippen LogP) is 3.66. The van der Waals surface area contributed by atoms with Gasteiger partial charge in [-0.3, -0.25) is 9.36 Å². The van der Waals surface area contributed by atoms with Gasteiger partial charge in [-0.2, -0.15) is 0 Å². The maximum atomic E-state index is 12.7. The van der Waals surface area contributed by atoms with E-state index in [1.54, 1.807) is 18.3 Å². The van der Waals surface area contributed by atoms with Crippen molar-refractivity contribution in [3.8, 4) is 0 Å². The standard InChI is InChI=1S/C17H12N2O2/c18-13-6-3-5-11-8-9-19(16(11)13)17(20)15-10-12-4-1-2-7-14(12)21-15/h1-10H,18H2. The van der Waals surface area contributed by atoms with Crippen LogP contribution in [0.5, 0.6) is 0 Å². The van der Waals surface area contributed by atoms with Gasteiger partial charge < -0.3 is 10.2 Å². The van der Waals surface area contributed by atoms with Gasteiger partial charge in [0.05, 0.1) is 11.2 Å². The van der Waals surface area contributed by atoms with Crippen LogP contribution in [0.25, 0.3) is 21.9 Å². The Bertz CT molecular complexity index is 946. The van der Waals surface area contributed by atoms with Crippen LogP contribution < -0.4 is 5.73 Å². The van der Waals surface area contributed by atoms with E-state index in [2.05, 4.69) is 0 Å². The molecule has 2 aromatic heterocycles. The zero-order valence-electron chi connectivity index (χ0n) is 11.1. The third kappa shape index (κ3) is 1.73. The summed E-state index contributed by atoms with van der Waals surface area (Å²) in [5.41, 5.74) is 7.97. The summed E-state index contributed by atoms with van der Waals surface area (Å²) in [6, 6.07) is 16.7. The molecule has 0 spiro atoms. The predicted molar refractivity (Wildman–Crippen MR) is 82.3 cm³/mol. The lowest BCUT2D eigenvalue weighted by atomic mass is 10.2. The van der Waals surface area contributed by atoms with Crippen molar-refractivity contribution in [2.24, 2.45) is 0 Å². The number of furan rings is 1. The van der Waals surface area contributed by atoms with Crippen molar-refractivity contribution in [1.29, 1.82) is 0 Å². The minimum atomic E-state index is -0.223. The van der Waals surface area contributed by atoms with Gasteiger partial charge >= 0.3 is 0 Å².